The average Bonchev–Trinajstić information content (AvgIpc) is 3.28. The number of hydrogen-bond acceptors (Lipinski definition) is 2. The van der Waals surface area contributed by atoms with E-state index in [1.807, 2.05) is 0 Å². The first-order valence-electron chi connectivity index (χ1n) is 23.5. The molecule has 0 heterocycles. The van der Waals surface area contributed by atoms with Crippen LogP contribution in [0.5, 0.6) is 0 Å². The minimum atomic E-state index is 0.0000541. The summed E-state index contributed by atoms with van der Waals surface area (Å²) in [6, 6.07) is 62.1. The molecule has 0 saturated heterocycles. The molecule has 10 rings (SSSR count). The lowest BCUT2D eigenvalue weighted by atomic mass is 9.83. The molecule has 66 heavy (non-hydrogen) atoms. The summed E-state index contributed by atoms with van der Waals surface area (Å²) in [5.41, 5.74) is 23.3. The number of hydrogen-bond donors (Lipinski definition) is 0. The molecule has 2 heteroatoms. The van der Waals surface area contributed by atoms with E-state index in [2.05, 4.69) is 250 Å². The molecule has 0 fully saturated rings. The van der Waals surface area contributed by atoms with Gasteiger partial charge in [0, 0.05) is 38.9 Å². The highest BCUT2D eigenvalue weighted by atomic mass is 15.2. The summed E-state index contributed by atoms with van der Waals surface area (Å²) in [6.45, 7) is 24.9. The molecule has 0 aromatic heterocycles. The Morgan fingerprint density at radius 2 is 0.682 bits per heavy atom. The zero-order chi connectivity index (χ0) is 46.2. The zero-order valence-electron chi connectivity index (χ0n) is 40.5. The van der Waals surface area contributed by atoms with Crippen LogP contribution in [0.1, 0.15) is 70.8 Å². The summed E-state index contributed by atoms with van der Waals surface area (Å²) >= 11 is 0. The lowest BCUT2D eigenvalue weighted by Gasteiger charge is -2.35. The molecule has 0 aliphatic carbocycles. The Balaban J connectivity index is 1.37. The van der Waals surface area contributed by atoms with E-state index in [9.17, 15) is 0 Å². The third-order valence-corrected chi connectivity index (χ3v) is 14.2. The van der Waals surface area contributed by atoms with Gasteiger partial charge < -0.3 is 9.80 Å². The van der Waals surface area contributed by atoms with E-state index in [0.29, 0.717) is 0 Å². The Labute approximate surface area is 392 Å². The van der Waals surface area contributed by atoms with Crippen LogP contribution in [0.4, 0.5) is 34.1 Å². The number of anilines is 6. The monoisotopic (exact) mass is 856 g/mol. The SMILES string of the molecule is Cc1ccccc1N(c1cc(-c2c(C)cccc2C)ccc1C)c1cc(N(c2ccccc2C)c2cc(-c3c(C)cccc3C)ccc2C)c2ccc3cc(C(C)(C)C)cc4ccc1c2c43. The molecule has 0 saturated carbocycles. The number of nitrogens with zero attached hydrogens (tertiary/aromatic N) is 2. The second kappa shape index (κ2) is 16.4. The number of rotatable bonds is 8. The molecule has 10 aromatic carbocycles. The largest absolute Gasteiger partial charge is 0.309 e. The standard InChI is InChI=1S/C64H60N2/c1-39-18-12-14-24-54(39)65(56-36-49(28-26-41(56)3)60-43(5)20-16-21-44(60)6)58-38-59(53-33-31-48-35-51(64(9,10)11)34-47-30-32-52(58)63(53)62(47)48)66(55-25-15-13-19-40(55)2)57-37-50(29-27-42(57)4)61-45(7)22-17-23-46(61)8/h12-38H,1-11H3. The molecule has 0 N–H and O–H groups in total. The van der Waals surface area contributed by atoms with Crippen LogP contribution < -0.4 is 9.80 Å². The molecule has 0 spiro atoms. The molecular formula is C64H60N2. The summed E-state index contributed by atoms with van der Waals surface area (Å²) in [5.74, 6) is 0. The van der Waals surface area contributed by atoms with Gasteiger partial charge in [-0.15, -0.1) is 0 Å². The van der Waals surface area contributed by atoms with Crippen LogP contribution in [0.3, 0.4) is 0 Å². The summed E-state index contributed by atoms with van der Waals surface area (Å²) in [7, 11) is 0. The van der Waals surface area contributed by atoms with Crippen LogP contribution in [0.15, 0.2) is 164 Å². The average molecular weight is 857 g/mol. The van der Waals surface area contributed by atoms with Gasteiger partial charge in [0.25, 0.3) is 0 Å². The van der Waals surface area contributed by atoms with Gasteiger partial charge >= 0.3 is 0 Å². The highest BCUT2D eigenvalue weighted by molar-refractivity contribution is 6.29. The van der Waals surface area contributed by atoms with Crippen molar-refractivity contribution in [1.29, 1.82) is 0 Å². The minimum Gasteiger partial charge on any atom is -0.309 e. The Hall–Kier alpha value is -7.16. The smallest absolute Gasteiger partial charge is 0.0561 e. The minimum absolute atomic E-state index is 0.0000541. The normalized spacial score (nSPS) is 11.9. The predicted octanol–water partition coefficient (Wildman–Crippen LogP) is 18.6. The van der Waals surface area contributed by atoms with Crippen molar-refractivity contribution in [2.75, 3.05) is 9.80 Å². The lowest BCUT2D eigenvalue weighted by Crippen LogP contribution is -2.17. The van der Waals surface area contributed by atoms with Gasteiger partial charge in [0.15, 0.2) is 0 Å². The maximum Gasteiger partial charge on any atom is 0.0561 e. The molecule has 0 unspecified atom stereocenters. The second-order valence-electron chi connectivity index (χ2n) is 19.8. The van der Waals surface area contributed by atoms with Crippen LogP contribution in [-0.2, 0) is 5.41 Å². The van der Waals surface area contributed by atoms with Crippen molar-refractivity contribution in [1.82, 2.24) is 0 Å². The number of benzene rings is 10. The zero-order valence-corrected chi connectivity index (χ0v) is 40.5. The van der Waals surface area contributed by atoms with Gasteiger partial charge in [0.05, 0.1) is 11.4 Å². The Bertz CT molecular complexity index is 3250. The number of aryl methyl sites for hydroxylation is 8. The topological polar surface area (TPSA) is 6.48 Å². The quantitative estimate of drug-likeness (QED) is 0.141. The highest BCUT2D eigenvalue weighted by Crippen LogP contribution is 2.53. The molecule has 0 aliphatic heterocycles. The van der Waals surface area contributed by atoms with Crippen molar-refractivity contribution in [2.45, 2.75) is 81.6 Å². The molecule has 0 bridgehead atoms. The van der Waals surface area contributed by atoms with Gasteiger partial charge in [-0.1, -0.05) is 154 Å². The molecule has 326 valence electrons. The van der Waals surface area contributed by atoms with Crippen molar-refractivity contribution in [3.63, 3.8) is 0 Å². The Morgan fingerprint density at radius 3 is 1.08 bits per heavy atom. The molecular weight excluding hydrogens is 797 g/mol. The first-order valence-corrected chi connectivity index (χ1v) is 23.5. The van der Waals surface area contributed by atoms with Crippen LogP contribution in [0.25, 0.3) is 54.6 Å². The van der Waals surface area contributed by atoms with E-state index in [1.165, 1.54) is 105 Å². The second-order valence-corrected chi connectivity index (χ2v) is 19.8. The van der Waals surface area contributed by atoms with Crippen LogP contribution in [0, 0.1) is 55.4 Å². The van der Waals surface area contributed by atoms with Crippen LogP contribution >= 0.6 is 0 Å². The first kappa shape index (κ1) is 42.8. The van der Waals surface area contributed by atoms with Crippen molar-refractivity contribution in [3.8, 4) is 22.3 Å². The van der Waals surface area contributed by atoms with E-state index in [0.717, 1.165) is 34.1 Å². The summed E-state index contributed by atoms with van der Waals surface area (Å²) < 4.78 is 0. The van der Waals surface area contributed by atoms with Gasteiger partial charge in [0.1, 0.15) is 0 Å². The predicted molar refractivity (Wildman–Crippen MR) is 287 cm³/mol. The third-order valence-electron chi connectivity index (χ3n) is 14.2. The van der Waals surface area contributed by atoms with E-state index in [4.69, 9.17) is 0 Å². The molecule has 0 amide bonds. The molecule has 0 aliphatic rings. The van der Waals surface area contributed by atoms with Gasteiger partial charge in [-0.3, -0.25) is 0 Å². The lowest BCUT2D eigenvalue weighted by molar-refractivity contribution is 0.591. The van der Waals surface area contributed by atoms with E-state index in [1.54, 1.807) is 0 Å². The molecule has 10 aromatic rings. The van der Waals surface area contributed by atoms with E-state index < -0.39 is 0 Å². The summed E-state index contributed by atoms with van der Waals surface area (Å²) in [6.07, 6.45) is 0. The van der Waals surface area contributed by atoms with Gasteiger partial charge in [0.2, 0.25) is 0 Å². The van der Waals surface area contributed by atoms with Crippen LogP contribution in [0.2, 0.25) is 0 Å². The maximum absolute atomic E-state index is 2.56. The van der Waals surface area contributed by atoms with Crippen molar-refractivity contribution < 1.29 is 0 Å². The first-order chi connectivity index (χ1) is 31.7. The highest BCUT2D eigenvalue weighted by Gasteiger charge is 2.28. The van der Waals surface area contributed by atoms with E-state index >= 15 is 0 Å². The van der Waals surface area contributed by atoms with Crippen LogP contribution in [-0.4, -0.2) is 0 Å². The fourth-order valence-corrected chi connectivity index (χ4v) is 10.6. The fourth-order valence-electron chi connectivity index (χ4n) is 10.6. The Kier molecular flexibility index (Phi) is 10.6. The van der Waals surface area contributed by atoms with Gasteiger partial charge in [-0.05, 0) is 180 Å². The fraction of sp³-hybridized carbons (Fsp3) is 0.188. The maximum atomic E-state index is 2.56. The Morgan fingerprint density at radius 1 is 0.303 bits per heavy atom. The van der Waals surface area contributed by atoms with Crippen molar-refractivity contribution in [2.24, 2.45) is 0 Å². The molecule has 0 atom stereocenters. The number of para-hydroxylation sites is 2. The van der Waals surface area contributed by atoms with E-state index in [-0.39, 0.29) is 5.41 Å². The van der Waals surface area contributed by atoms with Gasteiger partial charge in [-0.25, -0.2) is 0 Å². The molecule has 2 nitrogen and oxygen atoms in total. The third kappa shape index (κ3) is 7.20. The van der Waals surface area contributed by atoms with Crippen molar-refractivity contribution >= 4 is 66.4 Å². The summed E-state index contributed by atoms with van der Waals surface area (Å²) in [4.78, 5) is 5.13. The van der Waals surface area contributed by atoms with Gasteiger partial charge in [-0.2, -0.15) is 0 Å². The summed E-state index contributed by atoms with van der Waals surface area (Å²) in [5, 5.41) is 7.57. The molecule has 0 radical (unpaired) electrons. The van der Waals surface area contributed by atoms with Crippen molar-refractivity contribution in [3.05, 3.63) is 214 Å².